The largest absolute Gasteiger partial charge is 0.454 e. The Morgan fingerprint density at radius 3 is 2.17 bits per heavy atom. The molecule has 1 rings (SSSR count). The van der Waals surface area contributed by atoms with E-state index in [9.17, 15) is 18.0 Å². The molecule has 7 nitrogen and oxygen atoms in total. The lowest BCUT2D eigenvalue weighted by Gasteiger charge is -2.21. The monoisotopic (exact) mass is 356 g/mol. The Morgan fingerprint density at radius 2 is 1.67 bits per heavy atom. The summed E-state index contributed by atoms with van der Waals surface area (Å²) in [6.07, 6.45) is 0. The average Bonchev–Trinajstić information content (AvgIpc) is 2.50. The molecule has 0 aliphatic carbocycles. The van der Waals surface area contributed by atoms with Gasteiger partial charge in [-0.15, -0.1) is 0 Å². The van der Waals surface area contributed by atoms with Gasteiger partial charge < -0.3 is 10.1 Å². The third-order valence-electron chi connectivity index (χ3n) is 3.05. The first-order valence-corrected chi connectivity index (χ1v) is 9.15. The summed E-state index contributed by atoms with van der Waals surface area (Å²) in [4.78, 5) is 23.7. The van der Waals surface area contributed by atoms with Crippen LogP contribution >= 0.6 is 0 Å². The maximum Gasteiger partial charge on any atom is 0.324 e. The van der Waals surface area contributed by atoms with Gasteiger partial charge in [-0.05, 0) is 31.9 Å². The van der Waals surface area contributed by atoms with Gasteiger partial charge >= 0.3 is 5.97 Å². The second-order valence-electron chi connectivity index (χ2n) is 5.99. The van der Waals surface area contributed by atoms with E-state index in [1.54, 1.807) is 45.9 Å². The summed E-state index contributed by atoms with van der Waals surface area (Å²) in [5.41, 5.74) is 0. The van der Waals surface area contributed by atoms with E-state index < -0.39 is 34.5 Å². The maximum atomic E-state index is 12.3. The summed E-state index contributed by atoms with van der Waals surface area (Å²) in [5.74, 6) is -1.57. The standard InChI is InChI=1S/C16H24N2O5S/c1-11(2)15(16(20)23-10-14(19)17-12(3)4)18-24(21,22)13-8-6-5-7-9-13/h5-9,11-12,15,18H,10H2,1-4H3,(H,17,19)/t15-/m1/s1. The molecule has 0 aliphatic rings. The van der Waals surface area contributed by atoms with Crippen molar-refractivity contribution in [3.8, 4) is 0 Å². The van der Waals surface area contributed by atoms with Crippen molar-refractivity contribution in [2.24, 2.45) is 5.92 Å². The van der Waals surface area contributed by atoms with Crippen LogP contribution < -0.4 is 10.0 Å². The normalized spacial score (nSPS) is 12.9. The molecule has 8 heteroatoms. The zero-order valence-corrected chi connectivity index (χ0v) is 15.1. The minimum Gasteiger partial charge on any atom is -0.454 e. The highest BCUT2D eigenvalue weighted by molar-refractivity contribution is 7.89. The van der Waals surface area contributed by atoms with Gasteiger partial charge in [0.2, 0.25) is 10.0 Å². The first-order valence-electron chi connectivity index (χ1n) is 7.67. The van der Waals surface area contributed by atoms with Crippen LogP contribution in [0.5, 0.6) is 0 Å². The summed E-state index contributed by atoms with van der Waals surface area (Å²) < 4.78 is 31.9. The number of hydrogen-bond donors (Lipinski definition) is 2. The van der Waals surface area contributed by atoms with Gasteiger partial charge in [-0.2, -0.15) is 4.72 Å². The van der Waals surface area contributed by atoms with Crippen LogP contribution in [0.3, 0.4) is 0 Å². The zero-order chi connectivity index (χ0) is 18.3. The summed E-state index contributed by atoms with van der Waals surface area (Å²) in [7, 11) is -3.86. The van der Waals surface area contributed by atoms with Crippen molar-refractivity contribution in [1.82, 2.24) is 10.0 Å². The van der Waals surface area contributed by atoms with Crippen LogP contribution in [-0.4, -0.2) is 39.0 Å². The van der Waals surface area contributed by atoms with Gasteiger partial charge in [-0.1, -0.05) is 32.0 Å². The fraction of sp³-hybridized carbons (Fsp3) is 0.500. The van der Waals surface area contributed by atoms with Crippen LogP contribution in [0, 0.1) is 5.92 Å². The van der Waals surface area contributed by atoms with Crippen molar-refractivity contribution in [3.05, 3.63) is 30.3 Å². The van der Waals surface area contributed by atoms with Gasteiger partial charge in [0.25, 0.3) is 5.91 Å². The van der Waals surface area contributed by atoms with E-state index in [2.05, 4.69) is 10.0 Å². The number of esters is 1. The minimum absolute atomic E-state index is 0.0565. The molecule has 0 saturated carbocycles. The van der Waals surface area contributed by atoms with E-state index in [1.165, 1.54) is 12.1 Å². The zero-order valence-electron chi connectivity index (χ0n) is 14.3. The van der Waals surface area contributed by atoms with Crippen LogP contribution in [-0.2, 0) is 24.3 Å². The van der Waals surface area contributed by atoms with Crippen LogP contribution in [0.25, 0.3) is 0 Å². The van der Waals surface area contributed by atoms with E-state index in [0.717, 1.165) is 0 Å². The van der Waals surface area contributed by atoms with E-state index in [-0.39, 0.29) is 16.9 Å². The highest BCUT2D eigenvalue weighted by Crippen LogP contribution is 2.12. The predicted molar refractivity (Wildman–Crippen MR) is 89.6 cm³/mol. The van der Waals surface area contributed by atoms with Gasteiger partial charge in [0.15, 0.2) is 6.61 Å². The number of amides is 1. The van der Waals surface area contributed by atoms with Gasteiger partial charge in [0.05, 0.1) is 4.90 Å². The molecule has 1 aromatic rings. The number of rotatable bonds is 8. The fourth-order valence-corrected chi connectivity index (χ4v) is 3.24. The Labute approximate surface area is 142 Å². The molecule has 2 N–H and O–H groups in total. The lowest BCUT2D eigenvalue weighted by Crippen LogP contribution is -2.46. The first kappa shape index (κ1) is 20.1. The van der Waals surface area contributed by atoms with Crippen molar-refractivity contribution in [2.45, 2.75) is 44.7 Å². The van der Waals surface area contributed by atoms with Crippen LogP contribution in [0.4, 0.5) is 0 Å². The molecule has 0 unspecified atom stereocenters. The smallest absolute Gasteiger partial charge is 0.324 e. The quantitative estimate of drug-likeness (QED) is 0.678. The summed E-state index contributed by atoms with van der Waals surface area (Å²) in [5, 5.41) is 2.59. The molecule has 0 heterocycles. The Morgan fingerprint density at radius 1 is 1.08 bits per heavy atom. The van der Waals surface area contributed by atoms with Gasteiger partial charge in [0, 0.05) is 6.04 Å². The molecule has 1 aromatic carbocycles. The lowest BCUT2D eigenvalue weighted by molar-refractivity contribution is -0.151. The molecule has 0 bridgehead atoms. The van der Waals surface area contributed by atoms with Gasteiger partial charge in [0.1, 0.15) is 6.04 Å². The number of sulfonamides is 1. The third-order valence-corrected chi connectivity index (χ3v) is 4.51. The van der Waals surface area contributed by atoms with Crippen LogP contribution in [0.15, 0.2) is 35.2 Å². The Kier molecular flexibility index (Phi) is 7.37. The molecule has 0 aromatic heterocycles. The second kappa shape index (κ2) is 8.79. The molecule has 0 radical (unpaired) electrons. The summed E-state index contributed by atoms with van der Waals surface area (Å²) in [6, 6.07) is 6.58. The molecule has 1 amide bonds. The van der Waals surface area contributed by atoms with Crippen molar-refractivity contribution in [2.75, 3.05) is 6.61 Å². The highest BCUT2D eigenvalue weighted by Gasteiger charge is 2.30. The van der Waals surface area contributed by atoms with Crippen LogP contribution in [0.1, 0.15) is 27.7 Å². The van der Waals surface area contributed by atoms with Crippen molar-refractivity contribution < 1.29 is 22.7 Å². The molecular weight excluding hydrogens is 332 g/mol. The average molecular weight is 356 g/mol. The predicted octanol–water partition coefficient (Wildman–Crippen LogP) is 1.06. The summed E-state index contributed by atoms with van der Waals surface area (Å²) >= 11 is 0. The maximum absolute atomic E-state index is 12.3. The van der Waals surface area contributed by atoms with Crippen molar-refractivity contribution in [1.29, 1.82) is 0 Å². The summed E-state index contributed by atoms with van der Waals surface area (Å²) in [6.45, 7) is 6.49. The number of carbonyl (C=O) groups excluding carboxylic acids is 2. The van der Waals surface area contributed by atoms with Crippen molar-refractivity contribution in [3.63, 3.8) is 0 Å². The molecule has 0 fully saturated rings. The Bertz CT molecular complexity index is 656. The number of nitrogens with one attached hydrogen (secondary N) is 2. The van der Waals surface area contributed by atoms with E-state index in [4.69, 9.17) is 4.74 Å². The SMILES string of the molecule is CC(C)NC(=O)COC(=O)[C@H](NS(=O)(=O)c1ccccc1)C(C)C. The second-order valence-corrected chi connectivity index (χ2v) is 7.70. The molecular formula is C16H24N2O5S. The van der Waals surface area contributed by atoms with Crippen molar-refractivity contribution >= 4 is 21.9 Å². The number of carbonyl (C=O) groups is 2. The topological polar surface area (TPSA) is 102 Å². The van der Waals surface area contributed by atoms with E-state index >= 15 is 0 Å². The van der Waals surface area contributed by atoms with E-state index in [0.29, 0.717) is 0 Å². The molecule has 1 atom stereocenters. The Balaban J connectivity index is 2.77. The molecule has 0 aliphatic heterocycles. The highest BCUT2D eigenvalue weighted by atomic mass is 32.2. The molecule has 24 heavy (non-hydrogen) atoms. The lowest BCUT2D eigenvalue weighted by atomic mass is 10.1. The molecule has 0 saturated heterocycles. The molecule has 134 valence electrons. The Hall–Kier alpha value is -1.93. The minimum atomic E-state index is -3.86. The number of hydrogen-bond acceptors (Lipinski definition) is 5. The fourth-order valence-electron chi connectivity index (χ4n) is 1.88. The number of benzene rings is 1. The number of ether oxygens (including phenoxy) is 1. The van der Waals surface area contributed by atoms with Gasteiger partial charge in [-0.25, -0.2) is 8.42 Å². The van der Waals surface area contributed by atoms with Gasteiger partial charge in [-0.3, -0.25) is 9.59 Å². The molecule has 0 spiro atoms. The first-order chi connectivity index (χ1) is 11.1. The van der Waals surface area contributed by atoms with E-state index in [1.807, 2.05) is 0 Å². The van der Waals surface area contributed by atoms with Crippen LogP contribution in [0.2, 0.25) is 0 Å². The third kappa shape index (κ3) is 6.29.